The molecule has 0 aliphatic rings. The van der Waals surface area contributed by atoms with Crippen LogP contribution in [-0.2, 0) is 5.41 Å². The molecule has 0 saturated carbocycles. The van der Waals surface area contributed by atoms with Crippen molar-refractivity contribution in [3.8, 4) is 0 Å². The molecular weight excluding hydrogens is 465 g/mol. The molecule has 1 nitrogen and oxygen atoms in total. The van der Waals surface area contributed by atoms with Gasteiger partial charge in [0.05, 0.1) is 0 Å². The van der Waals surface area contributed by atoms with Crippen LogP contribution in [0, 0.1) is 0 Å². The molecule has 0 N–H and O–H groups in total. The predicted octanol–water partition coefficient (Wildman–Crippen LogP) is 8.18. The van der Waals surface area contributed by atoms with Crippen molar-refractivity contribution in [3.05, 3.63) is 118 Å². The minimum atomic E-state index is 0.124. The van der Waals surface area contributed by atoms with E-state index in [1.807, 2.05) is 24.3 Å². The summed E-state index contributed by atoms with van der Waals surface area (Å²) in [4.78, 5) is 2.28. The maximum absolute atomic E-state index is 5.78. The summed E-state index contributed by atoms with van der Waals surface area (Å²) in [6, 6.07) is 33.8. The average molecular weight is 492 g/mol. The van der Waals surface area contributed by atoms with Crippen LogP contribution in [0.15, 0.2) is 102 Å². The minimum Gasteiger partial charge on any atom is -0.311 e. The van der Waals surface area contributed by atoms with Gasteiger partial charge in [0.2, 0.25) is 0 Å². The van der Waals surface area contributed by atoms with E-state index in [1.165, 1.54) is 5.56 Å². The molecule has 0 atom stereocenters. The van der Waals surface area contributed by atoms with E-state index in [2.05, 4.69) is 127 Å². The van der Waals surface area contributed by atoms with Crippen LogP contribution in [0.1, 0.15) is 37.5 Å². The van der Waals surface area contributed by atoms with Crippen molar-refractivity contribution in [1.29, 1.82) is 0 Å². The highest BCUT2D eigenvalue weighted by Gasteiger charge is 2.16. The van der Waals surface area contributed by atoms with E-state index in [1.54, 1.807) is 0 Å². The van der Waals surface area contributed by atoms with Crippen LogP contribution in [0.25, 0.3) is 12.2 Å². The number of benzene rings is 4. The van der Waals surface area contributed by atoms with Gasteiger partial charge in [-0.05, 0) is 70.6 Å². The van der Waals surface area contributed by atoms with Gasteiger partial charge in [0.1, 0.15) is 7.85 Å². The Kier molecular flexibility index (Phi) is 6.90. The standard InChI is InChI=1S/C30H27BBrN/c1-30(2,3)24-10-18-28(19-11-24)33(29-20-14-26(32)15-21-29)27-16-8-23(9-17-27)5-4-22-6-12-25(31)13-7-22/h4-21H,1-3H3. The first-order chi connectivity index (χ1) is 15.8. The molecule has 4 aromatic rings. The predicted molar refractivity (Wildman–Crippen MR) is 148 cm³/mol. The van der Waals surface area contributed by atoms with Crippen molar-refractivity contribution in [1.82, 2.24) is 0 Å². The Bertz CT molecular complexity index is 1220. The zero-order valence-corrected chi connectivity index (χ0v) is 20.9. The van der Waals surface area contributed by atoms with E-state index in [0.717, 1.165) is 38.1 Å². The molecule has 0 fully saturated rings. The molecule has 0 bridgehead atoms. The van der Waals surface area contributed by atoms with Gasteiger partial charge in [-0.25, -0.2) is 0 Å². The van der Waals surface area contributed by atoms with Crippen LogP contribution in [0.5, 0.6) is 0 Å². The van der Waals surface area contributed by atoms with Gasteiger partial charge in [0.15, 0.2) is 0 Å². The molecule has 0 unspecified atom stereocenters. The quantitative estimate of drug-likeness (QED) is 0.201. The summed E-state index contributed by atoms with van der Waals surface area (Å²) in [5.74, 6) is 0. The van der Waals surface area contributed by atoms with Gasteiger partial charge in [-0.15, -0.1) is 0 Å². The van der Waals surface area contributed by atoms with Crippen LogP contribution >= 0.6 is 15.9 Å². The molecule has 162 valence electrons. The van der Waals surface area contributed by atoms with Gasteiger partial charge in [0, 0.05) is 21.5 Å². The van der Waals surface area contributed by atoms with Gasteiger partial charge in [-0.2, -0.15) is 0 Å². The lowest BCUT2D eigenvalue weighted by Crippen LogP contribution is -2.13. The Morgan fingerprint density at radius 3 is 1.45 bits per heavy atom. The summed E-state index contributed by atoms with van der Waals surface area (Å²) in [5, 5.41) is 0. The topological polar surface area (TPSA) is 3.24 Å². The lowest BCUT2D eigenvalue weighted by Gasteiger charge is -2.27. The molecule has 0 aliphatic heterocycles. The van der Waals surface area contributed by atoms with E-state index >= 15 is 0 Å². The normalized spacial score (nSPS) is 11.6. The second-order valence-electron chi connectivity index (χ2n) is 9.20. The van der Waals surface area contributed by atoms with Crippen molar-refractivity contribution in [2.75, 3.05) is 4.90 Å². The largest absolute Gasteiger partial charge is 0.311 e. The molecule has 0 spiro atoms. The first kappa shape index (κ1) is 23.1. The zero-order valence-electron chi connectivity index (χ0n) is 19.3. The van der Waals surface area contributed by atoms with Gasteiger partial charge in [-0.1, -0.05) is 103 Å². The SMILES string of the molecule is [B]c1ccc(C=Cc2ccc(N(c3ccc(Br)cc3)c3ccc(C(C)(C)C)cc3)cc2)cc1. The third-order valence-electron chi connectivity index (χ3n) is 5.63. The van der Waals surface area contributed by atoms with E-state index in [9.17, 15) is 0 Å². The third-order valence-corrected chi connectivity index (χ3v) is 6.16. The highest BCUT2D eigenvalue weighted by molar-refractivity contribution is 9.10. The summed E-state index contributed by atoms with van der Waals surface area (Å²) < 4.78 is 1.07. The molecule has 4 rings (SSSR count). The molecule has 0 heterocycles. The van der Waals surface area contributed by atoms with Crippen molar-refractivity contribution in [2.45, 2.75) is 26.2 Å². The molecule has 2 radical (unpaired) electrons. The van der Waals surface area contributed by atoms with Gasteiger partial charge in [-0.3, -0.25) is 0 Å². The summed E-state index contributed by atoms with van der Waals surface area (Å²) in [6.45, 7) is 6.72. The smallest absolute Gasteiger partial charge is 0.113 e. The Morgan fingerprint density at radius 2 is 1.00 bits per heavy atom. The first-order valence-corrected chi connectivity index (χ1v) is 11.9. The highest BCUT2D eigenvalue weighted by atomic mass is 79.9. The molecule has 0 aliphatic carbocycles. The molecule has 0 aromatic heterocycles. The van der Waals surface area contributed by atoms with Gasteiger partial charge < -0.3 is 4.90 Å². The maximum Gasteiger partial charge on any atom is 0.113 e. The molecule has 0 saturated heterocycles. The van der Waals surface area contributed by atoms with Crippen LogP contribution in [0.3, 0.4) is 0 Å². The minimum absolute atomic E-state index is 0.124. The number of hydrogen-bond acceptors (Lipinski definition) is 1. The molecule has 0 amide bonds. The van der Waals surface area contributed by atoms with E-state index in [0.29, 0.717) is 0 Å². The van der Waals surface area contributed by atoms with Gasteiger partial charge in [0.25, 0.3) is 0 Å². The number of nitrogens with zero attached hydrogens (tertiary/aromatic N) is 1. The lowest BCUT2D eigenvalue weighted by atomic mass is 9.87. The first-order valence-electron chi connectivity index (χ1n) is 11.1. The molecule has 4 aromatic carbocycles. The van der Waals surface area contributed by atoms with Crippen LogP contribution in [0.2, 0.25) is 0 Å². The zero-order chi connectivity index (χ0) is 23.4. The number of rotatable bonds is 5. The average Bonchev–Trinajstić information content (AvgIpc) is 2.81. The van der Waals surface area contributed by atoms with Crippen molar-refractivity contribution >= 4 is 58.5 Å². The summed E-state index contributed by atoms with van der Waals surface area (Å²) in [6.07, 6.45) is 4.23. The highest BCUT2D eigenvalue weighted by Crippen LogP contribution is 2.36. The number of halogens is 1. The third kappa shape index (κ3) is 5.86. The van der Waals surface area contributed by atoms with Crippen molar-refractivity contribution in [3.63, 3.8) is 0 Å². The molecule has 33 heavy (non-hydrogen) atoms. The monoisotopic (exact) mass is 491 g/mol. The Balaban J connectivity index is 1.65. The summed E-state index contributed by atoms with van der Waals surface area (Å²) in [7, 11) is 5.78. The number of anilines is 3. The second-order valence-corrected chi connectivity index (χ2v) is 10.1. The van der Waals surface area contributed by atoms with Crippen LogP contribution in [-0.4, -0.2) is 7.85 Å². The van der Waals surface area contributed by atoms with Crippen LogP contribution in [0.4, 0.5) is 17.1 Å². The van der Waals surface area contributed by atoms with E-state index in [4.69, 9.17) is 7.85 Å². The van der Waals surface area contributed by atoms with Gasteiger partial charge >= 0.3 is 0 Å². The van der Waals surface area contributed by atoms with Crippen molar-refractivity contribution < 1.29 is 0 Å². The Labute approximate surface area is 207 Å². The fourth-order valence-electron chi connectivity index (χ4n) is 3.68. The lowest BCUT2D eigenvalue weighted by molar-refractivity contribution is 0.590. The fourth-order valence-corrected chi connectivity index (χ4v) is 3.95. The van der Waals surface area contributed by atoms with E-state index in [-0.39, 0.29) is 5.41 Å². The van der Waals surface area contributed by atoms with E-state index < -0.39 is 0 Å². The van der Waals surface area contributed by atoms with Crippen molar-refractivity contribution in [2.24, 2.45) is 0 Å². The maximum atomic E-state index is 5.78. The second kappa shape index (κ2) is 9.85. The fraction of sp³-hybridized carbons (Fsp3) is 0.133. The Hall–Kier alpha value is -3.04. The Morgan fingerprint density at radius 1 is 0.606 bits per heavy atom. The van der Waals surface area contributed by atoms with Crippen LogP contribution < -0.4 is 10.4 Å². The molecular formula is C30H27BBrN. The summed E-state index contributed by atoms with van der Waals surface area (Å²) in [5.41, 5.74) is 7.87. The molecule has 3 heteroatoms. The number of hydrogen-bond donors (Lipinski definition) is 0. The summed E-state index contributed by atoms with van der Waals surface area (Å²) >= 11 is 3.56.